The van der Waals surface area contributed by atoms with Gasteiger partial charge in [-0.3, -0.25) is 4.79 Å². The molecule has 0 radical (unpaired) electrons. The fourth-order valence-corrected chi connectivity index (χ4v) is 2.32. The van der Waals surface area contributed by atoms with Gasteiger partial charge in [-0.15, -0.1) is 0 Å². The summed E-state index contributed by atoms with van der Waals surface area (Å²) in [5.74, 6) is -0.945. The third-order valence-electron chi connectivity index (χ3n) is 3.76. The van der Waals surface area contributed by atoms with E-state index >= 15 is 0 Å². The van der Waals surface area contributed by atoms with Gasteiger partial charge in [0.1, 0.15) is 0 Å². The first-order valence-electron chi connectivity index (χ1n) is 7.19. The predicted molar refractivity (Wildman–Crippen MR) is 75.2 cm³/mol. The first kappa shape index (κ1) is 16.9. The highest BCUT2D eigenvalue weighted by Crippen LogP contribution is 2.25. The Morgan fingerprint density at radius 1 is 1.35 bits per heavy atom. The lowest BCUT2D eigenvalue weighted by atomic mass is 9.84. The van der Waals surface area contributed by atoms with E-state index in [1.54, 1.807) is 0 Å². The largest absolute Gasteiger partial charge is 0.479 e. The Labute approximate surface area is 120 Å². The van der Waals surface area contributed by atoms with E-state index in [0.29, 0.717) is 32.4 Å². The average molecular weight is 286 g/mol. The van der Waals surface area contributed by atoms with E-state index < -0.39 is 12.1 Å². The number of rotatable bonds is 8. The maximum Gasteiger partial charge on any atom is 0.332 e. The fourth-order valence-electron chi connectivity index (χ4n) is 2.32. The number of carboxylic acid groups (broad SMARTS) is 1. The molecule has 1 fully saturated rings. The van der Waals surface area contributed by atoms with Crippen molar-refractivity contribution in [2.45, 2.75) is 58.2 Å². The van der Waals surface area contributed by atoms with E-state index in [0.717, 1.165) is 12.8 Å². The number of carbonyl (C=O) groups excluding carboxylic acids is 1. The van der Waals surface area contributed by atoms with Gasteiger partial charge in [0.05, 0.1) is 6.10 Å². The van der Waals surface area contributed by atoms with Crippen LogP contribution in [0.5, 0.6) is 0 Å². The van der Waals surface area contributed by atoms with Crippen LogP contribution in [0.4, 0.5) is 0 Å². The van der Waals surface area contributed by atoms with Crippen LogP contribution in [-0.4, -0.2) is 42.3 Å². The van der Waals surface area contributed by atoms with E-state index in [1.165, 1.54) is 0 Å². The van der Waals surface area contributed by atoms with Crippen LogP contribution < -0.4 is 11.1 Å². The van der Waals surface area contributed by atoms with Gasteiger partial charge in [0.25, 0.3) is 0 Å². The first-order chi connectivity index (χ1) is 9.34. The summed E-state index contributed by atoms with van der Waals surface area (Å²) in [7, 11) is 0. The van der Waals surface area contributed by atoms with E-state index in [-0.39, 0.29) is 17.4 Å². The van der Waals surface area contributed by atoms with Crippen molar-refractivity contribution in [2.24, 2.45) is 11.1 Å². The minimum Gasteiger partial charge on any atom is -0.479 e. The van der Waals surface area contributed by atoms with Crippen LogP contribution >= 0.6 is 0 Å². The molecule has 0 bridgehead atoms. The zero-order valence-corrected chi connectivity index (χ0v) is 12.4. The smallest absolute Gasteiger partial charge is 0.332 e. The Balaban J connectivity index is 2.19. The number of carboxylic acids is 1. The highest BCUT2D eigenvalue weighted by atomic mass is 16.5. The Hall–Kier alpha value is -1.14. The molecule has 4 N–H and O–H groups in total. The standard InChI is InChI=1S/C14H26N2O4/c1-14(2,7-8-15)6-5-12(17)16-9-10-3-4-11(20-10)13(18)19/h10-11H,3-9,15H2,1-2H3,(H,16,17)(H,18,19). The molecule has 1 amide bonds. The summed E-state index contributed by atoms with van der Waals surface area (Å²) in [6, 6.07) is 0. The summed E-state index contributed by atoms with van der Waals surface area (Å²) < 4.78 is 5.33. The van der Waals surface area contributed by atoms with Gasteiger partial charge in [0, 0.05) is 13.0 Å². The van der Waals surface area contributed by atoms with Crippen molar-refractivity contribution >= 4 is 11.9 Å². The third kappa shape index (κ3) is 5.88. The number of nitrogens with one attached hydrogen (secondary N) is 1. The molecule has 0 aromatic heterocycles. The quantitative estimate of drug-likeness (QED) is 0.615. The van der Waals surface area contributed by atoms with E-state index in [9.17, 15) is 9.59 Å². The summed E-state index contributed by atoms with van der Waals surface area (Å²) in [6.45, 7) is 5.22. The Morgan fingerprint density at radius 2 is 2.05 bits per heavy atom. The normalized spacial score (nSPS) is 22.8. The minimum absolute atomic E-state index is 0.0162. The van der Waals surface area contributed by atoms with Gasteiger partial charge >= 0.3 is 5.97 Å². The van der Waals surface area contributed by atoms with Crippen molar-refractivity contribution in [3.63, 3.8) is 0 Å². The Bertz CT molecular complexity index is 344. The van der Waals surface area contributed by atoms with Crippen LogP contribution in [0, 0.1) is 5.41 Å². The molecule has 6 heteroatoms. The number of hydrogen-bond acceptors (Lipinski definition) is 4. The molecule has 0 aromatic rings. The van der Waals surface area contributed by atoms with Crippen molar-refractivity contribution in [1.82, 2.24) is 5.32 Å². The maximum absolute atomic E-state index is 11.8. The van der Waals surface area contributed by atoms with Crippen molar-refractivity contribution in [1.29, 1.82) is 0 Å². The molecule has 1 aliphatic rings. The average Bonchev–Trinajstić information content (AvgIpc) is 2.83. The molecule has 1 aliphatic heterocycles. The van der Waals surface area contributed by atoms with Gasteiger partial charge in [-0.25, -0.2) is 4.79 Å². The fraction of sp³-hybridized carbons (Fsp3) is 0.857. The molecule has 116 valence electrons. The van der Waals surface area contributed by atoms with E-state index in [4.69, 9.17) is 15.6 Å². The molecule has 0 aliphatic carbocycles. The summed E-state index contributed by atoms with van der Waals surface area (Å²) in [6.07, 6.45) is 2.43. The summed E-state index contributed by atoms with van der Waals surface area (Å²) in [5.41, 5.74) is 5.61. The Kier molecular flexibility index (Phi) is 6.42. The van der Waals surface area contributed by atoms with Gasteiger partial charge in [-0.2, -0.15) is 0 Å². The van der Waals surface area contributed by atoms with E-state index in [2.05, 4.69) is 19.2 Å². The highest BCUT2D eigenvalue weighted by molar-refractivity contribution is 5.76. The highest BCUT2D eigenvalue weighted by Gasteiger charge is 2.30. The molecule has 0 saturated carbocycles. The molecule has 1 saturated heterocycles. The number of ether oxygens (including phenoxy) is 1. The molecule has 1 rings (SSSR count). The lowest BCUT2D eigenvalue weighted by molar-refractivity contribution is -0.149. The number of nitrogens with two attached hydrogens (primary N) is 1. The molecule has 1 heterocycles. The van der Waals surface area contributed by atoms with Gasteiger partial charge in [0.15, 0.2) is 6.10 Å². The summed E-state index contributed by atoms with van der Waals surface area (Å²) in [5, 5.41) is 11.6. The first-order valence-corrected chi connectivity index (χ1v) is 7.19. The third-order valence-corrected chi connectivity index (χ3v) is 3.76. The second-order valence-corrected chi connectivity index (χ2v) is 6.17. The lowest BCUT2D eigenvalue weighted by Crippen LogP contribution is -2.33. The van der Waals surface area contributed by atoms with Crippen molar-refractivity contribution in [2.75, 3.05) is 13.1 Å². The molecule has 2 unspecified atom stereocenters. The molecule has 0 spiro atoms. The van der Waals surface area contributed by atoms with Crippen LogP contribution in [0.2, 0.25) is 0 Å². The second-order valence-electron chi connectivity index (χ2n) is 6.17. The number of amides is 1. The molecule has 20 heavy (non-hydrogen) atoms. The number of hydrogen-bond donors (Lipinski definition) is 3. The van der Waals surface area contributed by atoms with Gasteiger partial charge < -0.3 is 20.9 Å². The SMILES string of the molecule is CC(C)(CCN)CCC(=O)NCC1CCC(C(=O)O)O1. The molecular weight excluding hydrogens is 260 g/mol. The molecule has 6 nitrogen and oxygen atoms in total. The molecule has 2 atom stereocenters. The van der Waals surface area contributed by atoms with Crippen LogP contribution in [0.25, 0.3) is 0 Å². The zero-order chi connectivity index (χ0) is 15.2. The lowest BCUT2D eigenvalue weighted by Gasteiger charge is -2.23. The summed E-state index contributed by atoms with van der Waals surface area (Å²) >= 11 is 0. The van der Waals surface area contributed by atoms with Crippen LogP contribution in [0.3, 0.4) is 0 Å². The van der Waals surface area contributed by atoms with Crippen LogP contribution in [0.1, 0.15) is 46.0 Å². The van der Waals surface area contributed by atoms with Gasteiger partial charge in [-0.05, 0) is 37.6 Å². The molecular formula is C14H26N2O4. The predicted octanol–water partition coefficient (Wildman–Crippen LogP) is 0.890. The van der Waals surface area contributed by atoms with Crippen LogP contribution in [-0.2, 0) is 14.3 Å². The van der Waals surface area contributed by atoms with E-state index in [1.807, 2.05) is 0 Å². The topological polar surface area (TPSA) is 102 Å². The van der Waals surface area contributed by atoms with Crippen molar-refractivity contribution in [3.05, 3.63) is 0 Å². The number of aliphatic carboxylic acids is 1. The van der Waals surface area contributed by atoms with Crippen molar-refractivity contribution in [3.8, 4) is 0 Å². The maximum atomic E-state index is 11.8. The zero-order valence-electron chi connectivity index (χ0n) is 12.4. The van der Waals surface area contributed by atoms with Gasteiger partial charge in [0.2, 0.25) is 5.91 Å². The van der Waals surface area contributed by atoms with Gasteiger partial charge in [-0.1, -0.05) is 13.8 Å². The summed E-state index contributed by atoms with van der Waals surface area (Å²) in [4.78, 5) is 22.5. The second kappa shape index (κ2) is 7.59. The minimum atomic E-state index is -0.928. The molecule has 0 aromatic carbocycles. The van der Waals surface area contributed by atoms with Crippen molar-refractivity contribution < 1.29 is 19.4 Å². The Morgan fingerprint density at radius 3 is 2.60 bits per heavy atom. The van der Waals surface area contributed by atoms with Crippen LogP contribution in [0.15, 0.2) is 0 Å². The number of carbonyl (C=O) groups is 2. The monoisotopic (exact) mass is 286 g/mol.